The third kappa shape index (κ3) is 3.49. The van der Waals surface area contributed by atoms with Crippen LogP contribution in [0.2, 0.25) is 0 Å². The van der Waals surface area contributed by atoms with Crippen LogP contribution in [-0.2, 0) is 24.8 Å². The Balaban J connectivity index is 2.40. The zero-order valence-electron chi connectivity index (χ0n) is 14.6. The predicted octanol–water partition coefficient (Wildman–Crippen LogP) is 2.54. The van der Waals surface area contributed by atoms with Crippen LogP contribution in [-0.4, -0.2) is 14.1 Å². The Bertz CT molecular complexity index is 1110. The maximum atomic E-state index is 12.3. The molecule has 9 heteroatoms. The zero-order valence-corrected chi connectivity index (χ0v) is 15.4. The Morgan fingerprint density at radius 3 is 1.81 bits per heavy atom. The van der Waals surface area contributed by atoms with Crippen LogP contribution in [0.25, 0.3) is 0 Å². The third-order valence-corrected chi connectivity index (χ3v) is 5.70. The van der Waals surface area contributed by atoms with E-state index in [9.17, 15) is 19.7 Å². The van der Waals surface area contributed by atoms with Crippen molar-refractivity contribution in [2.24, 2.45) is 18.5 Å². The lowest BCUT2D eigenvalue weighted by Gasteiger charge is -2.11. The van der Waals surface area contributed by atoms with Crippen LogP contribution in [0.3, 0.4) is 0 Å². The van der Waals surface area contributed by atoms with E-state index in [1.54, 1.807) is 0 Å². The van der Waals surface area contributed by atoms with E-state index >= 15 is 0 Å². The molecule has 0 radical (unpaired) electrons. The van der Waals surface area contributed by atoms with Crippen molar-refractivity contribution in [3.05, 3.63) is 91.6 Å². The molecule has 0 N–H and O–H groups in total. The SMILES string of the molecule is Cn1c(N=S(c2ccccc2)c2ccccc2)c([N+](=O)[O-])c(=O)n(C)c1=O. The first-order chi connectivity index (χ1) is 12.9. The van der Waals surface area contributed by atoms with Gasteiger partial charge in [-0.15, -0.1) is 0 Å². The summed E-state index contributed by atoms with van der Waals surface area (Å²) < 4.78 is 6.26. The lowest BCUT2D eigenvalue weighted by molar-refractivity contribution is -0.386. The number of hydrogen-bond donors (Lipinski definition) is 0. The standard InChI is InChI=1S/C18H16N4O4S/c1-20-16(15(22(25)26)17(23)21(2)18(20)24)19-27(13-9-5-3-6-10-13)14-11-7-4-8-12-14/h3-12H,1-2H3. The van der Waals surface area contributed by atoms with Gasteiger partial charge in [-0.25, -0.2) is 4.79 Å². The van der Waals surface area contributed by atoms with Crippen molar-refractivity contribution >= 4 is 22.2 Å². The molecule has 8 nitrogen and oxygen atoms in total. The van der Waals surface area contributed by atoms with Gasteiger partial charge in [0.1, 0.15) is 0 Å². The molecule has 1 aromatic heterocycles. The molecule has 0 aliphatic rings. The van der Waals surface area contributed by atoms with E-state index in [0.717, 1.165) is 14.4 Å². The second-order valence-corrected chi connectivity index (χ2v) is 7.33. The molecule has 0 spiro atoms. The maximum absolute atomic E-state index is 12.3. The fraction of sp³-hybridized carbons (Fsp3) is 0.111. The summed E-state index contributed by atoms with van der Waals surface area (Å²) in [6.45, 7) is 0. The van der Waals surface area contributed by atoms with E-state index in [0.29, 0.717) is 4.57 Å². The molecule has 0 fully saturated rings. The van der Waals surface area contributed by atoms with Crippen molar-refractivity contribution in [1.29, 1.82) is 0 Å². The van der Waals surface area contributed by atoms with Crippen molar-refractivity contribution in [1.82, 2.24) is 9.13 Å². The van der Waals surface area contributed by atoms with Gasteiger partial charge in [0.25, 0.3) is 0 Å². The van der Waals surface area contributed by atoms with Gasteiger partial charge in [0.15, 0.2) is 0 Å². The van der Waals surface area contributed by atoms with Gasteiger partial charge in [0.2, 0.25) is 5.82 Å². The number of rotatable bonds is 4. The number of hydrogen-bond acceptors (Lipinski definition) is 5. The molecule has 2 aromatic carbocycles. The minimum absolute atomic E-state index is 0.246. The minimum atomic E-state index is -0.980. The van der Waals surface area contributed by atoms with E-state index < -0.39 is 32.6 Å². The van der Waals surface area contributed by atoms with Crippen molar-refractivity contribution in [2.75, 3.05) is 0 Å². The molecule has 3 rings (SSSR count). The van der Waals surface area contributed by atoms with E-state index in [-0.39, 0.29) is 5.82 Å². The Hall–Kier alpha value is -3.33. The quantitative estimate of drug-likeness (QED) is 0.510. The van der Waals surface area contributed by atoms with Crippen molar-refractivity contribution < 1.29 is 4.92 Å². The zero-order chi connectivity index (χ0) is 19.6. The van der Waals surface area contributed by atoms with Gasteiger partial charge in [0.05, 0.1) is 4.92 Å². The maximum Gasteiger partial charge on any atom is 0.377 e. The number of nitrogens with zero attached hydrogens (tertiary/aromatic N) is 4. The summed E-state index contributed by atoms with van der Waals surface area (Å²) in [6, 6.07) is 18.5. The van der Waals surface area contributed by atoms with Crippen LogP contribution >= 0.6 is 0 Å². The van der Waals surface area contributed by atoms with Gasteiger partial charge < -0.3 is 0 Å². The topological polar surface area (TPSA) is 99.5 Å². The Kier molecular flexibility index (Phi) is 5.13. The monoisotopic (exact) mass is 384 g/mol. The fourth-order valence-electron chi connectivity index (χ4n) is 2.51. The average Bonchev–Trinajstić information content (AvgIpc) is 2.69. The molecular formula is C18H16N4O4S. The summed E-state index contributed by atoms with van der Waals surface area (Å²) in [4.78, 5) is 37.0. The molecule has 0 atom stereocenters. The largest absolute Gasteiger partial charge is 0.377 e. The smallest absolute Gasteiger partial charge is 0.275 e. The second-order valence-electron chi connectivity index (χ2n) is 5.64. The molecule has 0 saturated heterocycles. The molecule has 1 heterocycles. The van der Waals surface area contributed by atoms with Crippen molar-refractivity contribution in [2.45, 2.75) is 9.79 Å². The highest BCUT2D eigenvalue weighted by molar-refractivity contribution is 7.87. The Labute approximate surface area is 156 Å². The number of nitro groups is 1. The summed E-state index contributed by atoms with van der Waals surface area (Å²) in [5, 5.41) is 11.5. The summed E-state index contributed by atoms with van der Waals surface area (Å²) in [5.41, 5.74) is -2.37. The van der Waals surface area contributed by atoms with Gasteiger partial charge in [-0.05, 0) is 35.0 Å². The molecular weight excluding hydrogens is 368 g/mol. The van der Waals surface area contributed by atoms with Crippen LogP contribution in [0.4, 0.5) is 11.5 Å². The molecule has 3 aromatic rings. The summed E-state index contributed by atoms with van der Waals surface area (Å²) in [5.74, 6) is -0.246. The van der Waals surface area contributed by atoms with Gasteiger partial charge >= 0.3 is 16.9 Å². The first-order valence-corrected chi connectivity index (χ1v) is 9.10. The van der Waals surface area contributed by atoms with Crippen LogP contribution in [0, 0.1) is 10.1 Å². The van der Waals surface area contributed by atoms with Crippen molar-refractivity contribution in [3.8, 4) is 0 Å². The molecule has 138 valence electrons. The first kappa shape index (κ1) is 18.5. The molecule has 0 unspecified atom stereocenters. The summed E-state index contributed by atoms with van der Waals surface area (Å²) in [7, 11) is 1.62. The first-order valence-electron chi connectivity index (χ1n) is 7.92. The van der Waals surface area contributed by atoms with Gasteiger partial charge in [0, 0.05) is 23.9 Å². The molecule has 0 amide bonds. The molecule has 0 saturated carbocycles. The lowest BCUT2D eigenvalue weighted by atomic mass is 10.4. The fourth-order valence-corrected chi connectivity index (χ4v) is 4.20. The second kappa shape index (κ2) is 7.50. The van der Waals surface area contributed by atoms with Gasteiger partial charge in [-0.2, -0.15) is 4.36 Å². The number of aromatic nitrogens is 2. The van der Waals surface area contributed by atoms with Crippen molar-refractivity contribution in [3.63, 3.8) is 0 Å². The highest BCUT2D eigenvalue weighted by atomic mass is 32.2. The van der Waals surface area contributed by atoms with Crippen LogP contribution in [0.1, 0.15) is 0 Å². The van der Waals surface area contributed by atoms with E-state index in [1.807, 2.05) is 60.7 Å². The highest BCUT2D eigenvalue weighted by Gasteiger charge is 2.26. The summed E-state index contributed by atoms with van der Waals surface area (Å²) >= 11 is 0. The Morgan fingerprint density at radius 1 is 0.889 bits per heavy atom. The van der Waals surface area contributed by atoms with E-state index in [4.69, 9.17) is 0 Å². The molecule has 27 heavy (non-hydrogen) atoms. The van der Waals surface area contributed by atoms with E-state index in [2.05, 4.69) is 4.36 Å². The summed E-state index contributed by atoms with van der Waals surface area (Å²) in [6.07, 6.45) is 0. The van der Waals surface area contributed by atoms with Gasteiger partial charge in [-0.3, -0.25) is 24.0 Å². The van der Waals surface area contributed by atoms with Crippen LogP contribution in [0.5, 0.6) is 0 Å². The molecule has 0 bridgehead atoms. The van der Waals surface area contributed by atoms with Crippen LogP contribution in [0.15, 0.2) is 84.4 Å². The molecule has 0 aliphatic carbocycles. The Morgan fingerprint density at radius 2 is 1.37 bits per heavy atom. The molecule has 0 aliphatic heterocycles. The third-order valence-electron chi connectivity index (χ3n) is 3.90. The average molecular weight is 384 g/mol. The lowest BCUT2D eigenvalue weighted by Crippen LogP contribution is -2.37. The predicted molar refractivity (Wildman–Crippen MR) is 102 cm³/mol. The normalized spacial score (nSPS) is 10.8. The van der Waals surface area contributed by atoms with E-state index in [1.165, 1.54) is 14.1 Å². The van der Waals surface area contributed by atoms with Crippen LogP contribution < -0.4 is 11.2 Å². The minimum Gasteiger partial charge on any atom is -0.275 e. The highest BCUT2D eigenvalue weighted by Crippen LogP contribution is 2.27. The van der Waals surface area contributed by atoms with Gasteiger partial charge in [-0.1, -0.05) is 36.4 Å². The number of benzene rings is 2.